The first-order valence-corrected chi connectivity index (χ1v) is 5.11. The van der Waals surface area contributed by atoms with E-state index in [0.717, 1.165) is 27.8 Å². The summed E-state index contributed by atoms with van der Waals surface area (Å²) in [4.78, 5) is 4.33. The maximum Gasteiger partial charge on any atom is 0.130 e. The Balaban J connectivity index is 2.86. The summed E-state index contributed by atoms with van der Waals surface area (Å²) in [7, 11) is 1.66. The van der Waals surface area contributed by atoms with Crippen LogP contribution in [0, 0.1) is 13.8 Å². The van der Waals surface area contributed by atoms with Gasteiger partial charge in [0.2, 0.25) is 0 Å². The van der Waals surface area contributed by atoms with Gasteiger partial charge in [0, 0.05) is 10.9 Å². The molecule has 0 radical (unpaired) electrons. The van der Waals surface area contributed by atoms with Crippen LogP contribution in [0.5, 0.6) is 5.75 Å². The molecule has 0 atom stereocenters. The fraction of sp³-hybridized carbons (Fsp3) is 0.250. The lowest BCUT2D eigenvalue weighted by atomic mass is 10.1. The third kappa shape index (κ3) is 1.65. The molecule has 0 saturated carbocycles. The van der Waals surface area contributed by atoms with Crippen molar-refractivity contribution < 1.29 is 4.74 Å². The van der Waals surface area contributed by atoms with E-state index in [1.165, 1.54) is 0 Å². The van der Waals surface area contributed by atoms with Crippen molar-refractivity contribution in [2.45, 2.75) is 13.8 Å². The lowest BCUT2D eigenvalue weighted by Gasteiger charge is -2.09. The van der Waals surface area contributed by atoms with E-state index in [4.69, 9.17) is 16.3 Å². The first-order valence-electron chi connectivity index (χ1n) is 4.74. The van der Waals surface area contributed by atoms with Crippen LogP contribution in [-0.4, -0.2) is 12.1 Å². The summed E-state index contributed by atoms with van der Waals surface area (Å²) in [5.41, 5.74) is 3.08. The molecule has 0 aliphatic rings. The molecule has 1 aromatic carbocycles. The average Bonchev–Trinajstić information content (AvgIpc) is 2.19. The maximum atomic E-state index is 5.94. The third-order valence-electron chi connectivity index (χ3n) is 2.58. The van der Waals surface area contributed by atoms with Gasteiger partial charge in [0.05, 0.1) is 12.6 Å². The Morgan fingerprint density at radius 3 is 2.67 bits per heavy atom. The summed E-state index contributed by atoms with van der Waals surface area (Å²) >= 11 is 5.94. The number of benzene rings is 1. The van der Waals surface area contributed by atoms with Gasteiger partial charge in [0.15, 0.2) is 0 Å². The highest BCUT2D eigenvalue weighted by Crippen LogP contribution is 2.28. The number of rotatable bonds is 1. The highest BCUT2D eigenvalue weighted by molar-refractivity contribution is 6.30. The predicted octanol–water partition coefficient (Wildman–Crippen LogP) is 3.51. The van der Waals surface area contributed by atoms with Gasteiger partial charge in [-0.1, -0.05) is 11.6 Å². The second-order valence-electron chi connectivity index (χ2n) is 3.55. The molecule has 0 fully saturated rings. The lowest BCUT2D eigenvalue weighted by Crippen LogP contribution is -1.92. The largest absolute Gasteiger partial charge is 0.496 e. The highest BCUT2D eigenvalue weighted by atomic mass is 35.5. The SMILES string of the molecule is COc1ccc2c(C)cc(Cl)nc2c1C. The van der Waals surface area contributed by atoms with Crippen molar-refractivity contribution >= 4 is 22.5 Å². The standard InChI is InChI=1S/C12H12ClNO/c1-7-6-11(13)14-12-8(2)10(15-3)5-4-9(7)12/h4-6H,1-3H3. The topological polar surface area (TPSA) is 22.1 Å². The van der Waals surface area contributed by atoms with Gasteiger partial charge in [-0.25, -0.2) is 4.98 Å². The molecule has 0 unspecified atom stereocenters. The zero-order valence-corrected chi connectivity index (χ0v) is 9.72. The number of halogens is 1. The monoisotopic (exact) mass is 221 g/mol. The predicted molar refractivity (Wildman–Crippen MR) is 62.8 cm³/mol. The zero-order valence-electron chi connectivity index (χ0n) is 8.97. The molecule has 0 amide bonds. The molecule has 0 spiro atoms. The molecule has 2 aromatic rings. The molecule has 78 valence electrons. The van der Waals surface area contributed by atoms with Gasteiger partial charge in [0.1, 0.15) is 10.9 Å². The van der Waals surface area contributed by atoms with Crippen LogP contribution < -0.4 is 4.74 Å². The molecule has 0 aliphatic carbocycles. The summed E-state index contributed by atoms with van der Waals surface area (Å²) in [6, 6.07) is 5.84. The van der Waals surface area contributed by atoms with Gasteiger partial charge >= 0.3 is 0 Å². The molecule has 1 heterocycles. The van der Waals surface area contributed by atoms with E-state index in [2.05, 4.69) is 4.98 Å². The van der Waals surface area contributed by atoms with Crippen LogP contribution in [0.25, 0.3) is 10.9 Å². The lowest BCUT2D eigenvalue weighted by molar-refractivity contribution is 0.412. The van der Waals surface area contributed by atoms with Crippen molar-refractivity contribution in [3.05, 3.63) is 34.5 Å². The van der Waals surface area contributed by atoms with Crippen molar-refractivity contribution in [2.75, 3.05) is 7.11 Å². The molecule has 2 nitrogen and oxygen atoms in total. The van der Waals surface area contributed by atoms with Crippen LogP contribution in [0.15, 0.2) is 18.2 Å². The molecule has 3 heteroatoms. The van der Waals surface area contributed by atoms with E-state index in [-0.39, 0.29) is 0 Å². The second kappa shape index (κ2) is 3.70. The van der Waals surface area contributed by atoms with Gasteiger partial charge < -0.3 is 4.74 Å². The Morgan fingerprint density at radius 2 is 2.00 bits per heavy atom. The average molecular weight is 222 g/mol. The van der Waals surface area contributed by atoms with Crippen LogP contribution in [0.3, 0.4) is 0 Å². The van der Waals surface area contributed by atoms with Crippen LogP contribution in [0.2, 0.25) is 5.15 Å². The smallest absolute Gasteiger partial charge is 0.130 e. The highest BCUT2D eigenvalue weighted by Gasteiger charge is 2.07. The number of aryl methyl sites for hydroxylation is 2. The first-order chi connectivity index (χ1) is 7.13. The molecule has 0 N–H and O–H groups in total. The minimum Gasteiger partial charge on any atom is -0.496 e. The number of ether oxygens (including phenoxy) is 1. The van der Waals surface area contributed by atoms with Crippen molar-refractivity contribution in [2.24, 2.45) is 0 Å². The summed E-state index contributed by atoms with van der Waals surface area (Å²) in [5, 5.41) is 1.65. The third-order valence-corrected chi connectivity index (χ3v) is 2.77. The zero-order chi connectivity index (χ0) is 11.0. The summed E-state index contributed by atoms with van der Waals surface area (Å²) in [6.45, 7) is 4.02. The Bertz CT molecular complexity index is 523. The molecule has 15 heavy (non-hydrogen) atoms. The number of fused-ring (bicyclic) bond motifs is 1. The molecule has 2 rings (SSSR count). The van der Waals surface area contributed by atoms with Crippen molar-refractivity contribution in [3.8, 4) is 5.75 Å². The van der Waals surface area contributed by atoms with E-state index < -0.39 is 0 Å². The Labute approximate surface area is 93.8 Å². The second-order valence-corrected chi connectivity index (χ2v) is 3.94. The molecular weight excluding hydrogens is 210 g/mol. The van der Waals surface area contributed by atoms with E-state index >= 15 is 0 Å². The van der Waals surface area contributed by atoms with Gasteiger partial charge in [-0.3, -0.25) is 0 Å². The number of pyridine rings is 1. The summed E-state index contributed by atoms with van der Waals surface area (Å²) in [6.07, 6.45) is 0. The van der Waals surface area contributed by atoms with Crippen LogP contribution >= 0.6 is 11.6 Å². The molecular formula is C12H12ClNO. The first kappa shape index (κ1) is 10.2. The van der Waals surface area contributed by atoms with E-state index in [0.29, 0.717) is 5.15 Å². The van der Waals surface area contributed by atoms with Crippen molar-refractivity contribution in [1.29, 1.82) is 0 Å². The van der Waals surface area contributed by atoms with Gasteiger partial charge in [-0.05, 0) is 37.6 Å². The number of methoxy groups -OCH3 is 1. The molecule has 1 aromatic heterocycles. The number of hydrogen-bond donors (Lipinski definition) is 0. The minimum atomic E-state index is 0.524. The molecule has 0 saturated heterocycles. The van der Waals surface area contributed by atoms with E-state index in [9.17, 15) is 0 Å². The number of nitrogens with zero attached hydrogens (tertiary/aromatic N) is 1. The fourth-order valence-corrected chi connectivity index (χ4v) is 2.01. The molecule has 0 aliphatic heterocycles. The normalized spacial score (nSPS) is 10.7. The minimum absolute atomic E-state index is 0.524. The Hall–Kier alpha value is -1.28. The van der Waals surface area contributed by atoms with Crippen LogP contribution in [0.1, 0.15) is 11.1 Å². The summed E-state index contributed by atoms with van der Waals surface area (Å²) < 4.78 is 5.25. The summed E-state index contributed by atoms with van der Waals surface area (Å²) in [5.74, 6) is 0.844. The van der Waals surface area contributed by atoms with Gasteiger partial charge in [0.25, 0.3) is 0 Å². The number of aromatic nitrogens is 1. The molecule has 0 bridgehead atoms. The van der Waals surface area contributed by atoms with E-state index in [1.807, 2.05) is 32.0 Å². The number of hydrogen-bond acceptors (Lipinski definition) is 2. The van der Waals surface area contributed by atoms with Crippen molar-refractivity contribution in [1.82, 2.24) is 4.98 Å². The Morgan fingerprint density at radius 1 is 1.27 bits per heavy atom. The van der Waals surface area contributed by atoms with Crippen LogP contribution in [0.4, 0.5) is 0 Å². The maximum absolute atomic E-state index is 5.94. The van der Waals surface area contributed by atoms with Gasteiger partial charge in [-0.15, -0.1) is 0 Å². The van der Waals surface area contributed by atoms with Crippen LogP contribution in [-0.2, 0) is 0 Å². The van der Waals surface area contributed by atoms with Crippen molar-refractivity contribution in [3.63, 3.8) is 0 Å². The Kier molecular flexibility index (Phi) is 2.53. The fourth-order valence-electron chi connectivity index (χ4n) is 1.76. The van der Waals surface area contributed by atoms with E-state index in [1.54, 1.807) is 7.11 Å². The quantitative estimate of drug-likeness (QED) is 0.688. The van der Waals surface area contributed by atoms with Gasteiger partial charge in [-0.2, -0.15) is 0 Å².